The fourth-order valence-corrected chi connectivity index (χ4v) is 3.34. The second-order valence-corrected chi connectivity index (χ2v) is 7.05. The van der Waals surface area contributed by atoms with E-state index in [2.05, 4.69) is 9.46 Å². The Morgan fingerprint density at radius 2 is 1.62 bits per heavy atom. The van der Waals surface area contributed by atoms with Crippen LogP contribution in [0.4, 0.5) is 5.69 Å². The Bertz CT molecular complexity index is 919. The van der Waals surface area contributed by atoms with Crippen LogP contribution in [-0.2, 0) is 19.5 Å². The highest BCUT2D eigenvalue weighted by atomic mass is 32.2. The molecule has 2 rings (SSSR count). The summed E-state index contributed by atoms with van der Waals surface area (Å²) in [4.78, 5) is 23.1. The third-order valence-corrected chi connectivity index (χ3v) is 4.95. The van der Waals surface area contributed by atoms with E-state index in [1.54, 1.807) is 13.8 Å². The number of sulfonamides is 1. The van der Waals surface area contributed by atoms with Crippen molar-refractivity contribution in [3.05, 3.63) is 59.2 Å². The Morgan fingerprint density at radius 1 is 1.00 bits per heavy atom. The summed E-state index contributed by atoms with van der Waals surface area (Å²) in [6.45, 7) is 3.60. The second-order valence-electron chi connectivity index (χ2n) is 5.37. The molecule has 0 radical (unpaired) electrons. The molecule has 138 valence electrons. The van der Waals surface area contributed by atoms with Gasteiger partial charge in [0.2, 0.25) is 0 Å². The van der Waals surface area contributed by atoms with Gasteiger partial charge in [-0.2, -0.15) is 0 Å². The molecule has 2 aromatic carbocycles. The van der Waals surface area contributed by atoms with Gasteiger partial charge in [0, 0.05) is 0 Å². The fourth-order valence-electron chi connectivity index (χ4n) is 2.21. The highest BCUT2D eigenvalue weighted by Crippen LogP contribution is 2.21. The molecule has 0 bridgehead atoms. The number of aryl methyl sites for hydroxylation is 1. The Morgan fingerprint density at radius 3 is 2.15 bits per heavy atom. The van der Waals surface area contributed by atoms with E-state index in [1.165, 1.54) is 49.6 Å². The molecule has 0 saturated carbocycles. The summed E-state index contributed by atoms with van der Waals surface area (Å²) in [6.07, 6.45) is 0. The van der Waals surface area contributed by atoms with Crippen LogP contribution in [-0.4, -0.2) is 34.1 Å². The first-order chi connectivity index (χ1) is 12.3. The van der Waals surface area contributed by atoms with Crippen molar-refractivity contribution in [2.45, 2.75) is 18.7 Å². The molecule has 0 aliphatic rings. The van der Waals surface area contributed by atoms with Crippen molar-refractivity contribution in [2.24, 2.45) is 0 Å². The smallest absolute Gasteiger partial charge is 0.338 e. The van der Waals surface area contributed by atoms with Crippen LogP contribution < -0.4 is 4.72 Å². The molecule has 1 N–H and O–H groups in total. The van der Waals surface area contributed by atoms with Gasteiger partial charge in [-0.25, -0.2) is 18.0 Å². The van der Waals surface area contributed by atoms with Crippen molar-refractivity contribution in [2.75, 3.05) is 18.4 Å². The molecular formula is C18H19NO6S. The summed E-state index contributed by atoms with van der Waals surface area (Å²) in [6, 6.07) is 9.93. The van der Waals surface area contributed by atoms with E-state index in [9.17, 15) is 18.0 Å². The molecule has 0 spiro atoms. The van der Waals surface area contributed by atoms with E-state index < -0.39 is 22.0 Å². The number of ether oxygens (including phenoxy) is 2. The molecule has 0 aliphatic carbocycles. The van der Waals surface area contributed by atoms with Crippen molar-refractivity contribution in [1.82, 2.24) is 0 Å². The van der Waals surface area contributed by atoms with Crippen LogP contribution in [0, 0.1) is 6.92 Å². The number of rotatable bonds is 6. The molecule has 0 atom stereocenters. The van der Waals surface area contributed by atoms with E-state index in [1.807, 2.05) is 0 Å². The monoisotopic (exact) mass is 377 g/mol. The minimum atomic E-state index is -3.85. The van der Waals surface area contributed by atoms with Gasteiger partial charge in [0.1, 0.15) is 0 Å². The minimum absolute atomic E-state index is 0.00185. The van der Waals surface area contributed by atoms with Crippen molar-refractivity contribution in [3.8, 4) is 0 Å². The summed E-state index contributed by atoms with van der Waals surface area (Å²) in [7, 11) is -2.58. The summed E-state index contributed by atoms with van der Waals surface area (Å²) < 4.78 is 37.0. The molecule has 0 amide bonds. The van der Waals surface area contributed by atoms with Crippen molar-refractivity contribution in [3.63, 3.8) is 0 Å². The second kappa shape index (κ2) is 8.01. The van der Waals surface area contributed by atoms with E-state index in [-0.39, 0.29) is 17.1 Å². The predicted octanol–water partition coefficient (Wildman–Crippen LogP) is 2.76. The Kier molecular flexibility index (Phi) is 5.99. The number of esters is 2. The lowest BCUT2D eigenvalue weighted by Crippen LogP contribution is -2.14. The van der Waals surface area contributed by atoms with Gasteiger partial charge >= 0.3 is 11.9 Å². The Labute approximate surface area is 152 Å². The quantitative estimate of drug-likeness (QED) is 0.777. The van der Waals surface area contributed by atoms with Crippen LogP contribution in [0.25, 0.3) is 0 Å². The van der Waals surface area contributed by atoms with Crippen molar-refractivity contribution < 1.29 is 27.5 Å². The van der Waals surface area contributed by atoms with Gasteiger partial charge in [0.15, 0.2) is 0 Å². The lowest BCUT2D eigenvalue weighted by atomic mass is 10.1. The first-order valence-corrected chi connectivity index (χ1v) is 9.25. The SMILES string of the molecule is CCOC(=O)c1ccc(S(=O)(=O)Nc2ccc(C(=O)OC)cc2C)cc1. The van der Waals surface area contributed by atoms with Gasteiger partial charge in [-0.1, -0.05) is 0 Å². The normalized spacial score (nSPS) is 10.9. The van der Waals surface area contributed by atoms with Crippen LogP contribution in [0.15, 0.2) is 47.4 Å². The van der Waals surface area contributed by atoms with Gasteiger partial charge in [0.25, 0.3) is 10.0 Å². The molecule has 0 saturated heterocycles. The minimum Gasteiger partial charge on any atom is -0.465 e. The largest absolute Gasteiger partial charge is 0.465 e. The fraction of sp³-hybridized carbons (Fsp3) is 0.222. The Balaban J connectivity index is 2.23. The molecule has 2 aromatic rings. The molecule has 0 fully saturated rings. The van der Waals surface area contributed by atoms with Gasteiger partial charge in [0.05, 0.1) is 35.4 Å². The maximum atomic E-state index is 12.5. The molecule has 0 aromatic heterocycles. The van der Waals surface area contributed by atoms with E-state index >= 15 is 0 Å². The summed E-state index contributed by atoms with van der Waals surface area (Å²) in [5.74, 6) is -1.02. The zero-order valence-electron chi connectivity index (χ0n) is 14.6. The average molecular weight is 377 g/mol. The highest BCUT2D eigenvalue weighted by molar-refractivity contribution is 7.92. The maximum Gasteiger partial charge on any atom is 0.338 e. The van der Waals surface area contributed by atoms with E-state index in [4.69, 9.17) is 4.74 Å². The van der Waals surface area contributed by atoms with Crippen LogP contribution in [0.2, 0.25) is 0 Å². The van der Waals surface area contributed by atoms with Gasteiger partial charge in [-0.05, 0) is 61.9 Å². The number of carbonyl (C=O) groups excluding carboxylic acids is 2. The van der Waals surface area contributed by atoms with Crippen LogP contribution in [0.5, 0.6) is 0 Å². The van der Waals surface area contributed by atoms with Gasteiger partial charge < -0.3 is 9.47 Å². The number of methoxy groups -OCH3 is 1. The molecule has 26 heavy (non-hydrogen) atoms. The van der Waals surface area contributed by atoms with Gasteiger partial charge in [-0.3, -0.25) is 4.72 Å². The van der Waals surface area contributed by atoms with Crippen molar-refractivity contribution in [1.29, 1.82) is 0 Å². The van der Waals surface area contributed by atoms with E-state index in [0.29, 0.717) is 16.8 Å². The molecule has 8 heteroatoms. The lowest BCUT2D eigenvalue weighted by molar-refractivity contribution is 0.0525. The third-order valence-electron chi connectivity index (χ3n) is 3.57. The summed E-state index contributed by atoms with van der Waals surface area (Å²) in [5.41, 5.74) is 1.50. The van der Waals surface area contributed by atoms with Crippen LogP contribution in [0.1, 0.15) is 33.2 Å². The van der Waals surface area contributed by atoms with Crippen LogP contribution in [0.3, 0.4) is 0 Å². The lowest BCUT2D eigenvalue weighted by Gasteiger charge is -2.12. The summed E-state index contributed by atoms with van der Waals surface area (Å²) >= 11 is 0. The highest BCUT2D eigenvalue weighted by Gasteiger charge is 2.17. The van der Waals surface area contributed by atoms with Crippen molar-refractivity contribution >= 4 is 27.6 Å². The topological polar surface area (TPSA) is 98.8 Å². The number of hydrogen-bond donors (Lipinski definition) is 1. The zero-order valence-corrected chi connectivity index (χ0v) is 15.4. The molecule has 7 nitrogen and oxygen atoms in total. The maximum absolute atomic E-state index is 12.5. The number of nitrogens with one attached hydrogen (secondary N) is 1. The number of benzene rings is 2. The molecule has 0 aliphatic heterocycles. The first kappa shape index (κ1) is 19.5. The predicted molar refractivity (Wildman–Crippen MR) is 95.7 cm³/mol. The number of hydrogen-bond acceptors (Lipinski definition) is 6. The molecule has 0 heterocycles. The Hall–Kier alpha value is -2.87. The standard InChI is InChI=1S/C18H19NO6S/c1-4-25-18(21)13-5-8-15(9-6-13)26(22,23)19-16-10-7-14(11-12(16)2)17(20)24-3/h5-11,19H,4H2,1-3H3. The third kappa shape index (κ3) is 4.40. The van der Waals surface area contributed by atoms with Gasteiger partial charge in [-0.15, -0.1) is 0 Å². The first-order valence-electron chi connectivity index (χ1n) is 7.77. The van der Waals surface area contributed by atoms with Crippen LogP contribution >= 0.6 is 0 Å². The number of anilines is 1. The number of carbonyl (C=O) groups is 2. The van der Waals surface area contributed by atoms with E-state index in [0.717, 1.165) is 0 Å². The summed E-state index contributed by atoms with van der Waals surface area (Å²) in [5, 5.41) is 0. The average Bonchev–Trinajstić information content (AvgIpc) is 2.63. The molecule has 0 unspecified atom stereocenters. The zero-order chi connectivity index (χ0) is 19.3. The molecular weight excluding hydrogens is 358 g/mol.